The highest BCUT2D eigenvalue weighted by Crippen LogP contribution is 2.21. The fourth-order valence-electron chi connectivity index (χ4n) is 2.60. The minimum absolute atomic E-state index is 0.0359. The van der Waals surface area contributed by atoms with Gasteiger partial charge in [0.15, 0.2) is 0 Å². The molecule has 1 aliphatic heterocycles. The van der Waals surface area contributed by atoms with Crippen molar-refractivity contribution in [2.45, 2.75) is 32.6 Å². The fourth-order valence-corrected chi connectivity index (χ4v) is 2.79. The maximum atomic E-state index is 12.3. The number of benzene rings is 1. The van der Waals surface area contributed by atoms with Gasteiger partial charge in [0.05, 0.1) is 5.92 Å². The molecule has 1 atom stereocenters. The summed E-state index contributed by atoms with van der Waals surface area (Å²) in [6, 6.07) is 7.10. The lowest BCUT2D eigenvalue weighted by Crippen LogP contribution is -2.43. The molecule has 1 aliphatic rings. The third kappa shape index (κ3) is 4.46. The Morgan fingerprint density at radius 3 is 2.95 bits per heavy atom. The van der Waals surface area contributed by atoms with Crippen molar-refractivity contribution in [3.63, 3.8) is 0 Å². The van der Waals surface area contributed by atoms with E-state index in [-0.39, 0.29) is 17.7 Å². The second-order valence-corrected chi connectivity index (χ2v) is 5.86. The van der Waals surface area contributed by atoms with Crippen LogP contribution in [0.2, 0.25) is 5.02 Å². The molecule has 1 N–H and O–H groups in total. The molecule has 0 bridgehead atoms. The molecule has 1 saturated heterocycles. The SMILES string of the molecule is CCCC(=O)N1CCC[C@@H](C(=O)Nc2cccc(Cl)c2)C1. The van der Waals surface area contributed by atoms with Gasteiger partial charge in [0, 0.05) is 30.2 Å². The minimum atomic E-state index is -0.140. The van der Waals surface area contributed by atoms with Gasteiger partial charge in [0.25, 0.3) is 0 Å². The largest absolute Gasteiger partial charge is 0.342 e. The van der Waals surface area contributed by atoms with Gasteiger partial charge < -0.3 is 10.2 Å². The van der Waals surface area contributed by atoms with Gasteiger partial charge >= 0.3 is 0 Å². The molecule has 0 saturated carbocycles. The summed E-state index contributed by atoms with van der Waals surface area (Å²) in [4.78, 5) is 26.1. The lowest BCUT2D eigenvalue weighted by molar-refractivity contribution is -0.134. The van der Waals surface area contributed by atoms with Crippen LogP contribution in [0.15, 0.2) is 24.3 Å². The number of piperidine rings is 1. The Hall–Kier alpha value is -1.55. The zero-order chi connectivity index (χ0) is 15.2. The number of anilines is 1. The number of carbonyl (C=O) groups is 2. The summed E-state index contributed by atoms with van der Waals surface area (Å²) in [5.41, 5.74) is 0.699. The van der Waals surface area contributed by atoms with Crippen molar-refractivity contribution in [3.8, 4) is 0 Å². The number of halogens is 1. The molecule has 0 unspecified atom stereocenters. The van der Waals surface area contributed by atoms with E-state index in [1.54, 1.807) is 18.2 Å². The highest BCUT2D eigenvalue weighted by atomic mass is 35.5. The number of rotatable bonds is 4. The molecule has 0 spiro atoms. The summed E-state index contributed by atoms with van der Waals surface area (Å²) in [6.07, 6.45) is 3.10. The van der Waals surface area contributed by atoms with Gasteiger partial charge in [0.1, 0.15) is 0 Å². The highest BCUT2D eigenvalue weighted by molar-refractivity contribution is 6.30. The van der Waals surface area contributed by atoms with Crippen LogP contribution < -0.4 is 5.32 Å². The van der Waals surface area contributed by atoms with E-state index in [0.717, 1.165) is 25.8 Å². The molecule has 4 nitrogen and oxygen atoms in total. The van der Waals surface area contributed by atoms with E-state index in [0.29, 0.717) is 23.7 Å². The summed E-state index contributed by atoms with van der Waals surface area (Å²) in [5, 5.41) is 3.48. The van der Waals surface area contributed by atoms with Crippen molar-refractivity contribution in [1.82, 2.24) is 4.90 Å². The van der Waals surface area contributed by atoms with Gasteiger partial charge in [-0.3, -0.25) is 9.59 Å². The summed E-state index contributed by atoms with van der Waals surface area (Å²) in [5.74, 6) is -0.0254. The van der Waals surface area contributed by atoms with Crippen molar-refractivity contribution in [3.05, 3.63) is 29.3 Å². The Morgan fingerprint density at radius 2 is 2.24 bits per heavy atom. The van der Waals surface area contributed by atoms with Crippen LogP contribution in [-0.2, 0) is 9.59 Å². The number of nitrogens with one attached hydrogen (secondary N) is 1. The zero-order valence-electron chi connectivity index (χ0n) is 12.3. The van der Waals surface area contributed by atoms with Crippen LogP contribution in [0, 0.1) is 5.92 Å². The van der Waals surface area contributed by atoms with Crippen LogP contribution >= 0.6 is 11.6 Å². The molecule has 0 aromatic heterocycles. The van der Waals surface area contributed by atoms with Crippen molar-refractivity contribution in [2.24, 2.45) is 5.92 Å². The first-order valence-corrected chi connectivity index (χ1v) is 7.82. The van der Waals surface area contributed by atoms with Crippen LogP contribution in [-0.4, -0.2) is 29.8 Å². The molecular weight excluding hydrogens is 288 g/mol. The average molecular weight is 309 g/mol. The van der Waals surface area contributed by atoms with Gasteiger partial charge in [-0.05, 0) is 37.5 Å². The van der Waals surface area contributed by atoms with Gasteiger partial charge in [-0.25, -0.2) is 0 Å². The van der Waals surface area contributed by atoms with Crippen LogP contribution in [0.5, 0.6) is 0 Å². The maximum Gasteiger partial charge on any atom is 0.229 e. The maximum absolute atomic E-state index is 12.3. The third-order valence-electron chi connectivity index (χ3n) is 3.70. The van der Waals surface area contributed by atoms with Gasteiger partial charge in [-0.2, -0.15) is 0 Å². The molecule has 5 heteroatoms. The lowest BCUT2D eigenvalue weighted by Gasteiger charge is -2.32. The molecular formula is C16H21ClN2O2. The summed E-state index contributed by atoms with van der Waals surface area (Å²) >= 11 is 5.91. The Bertz CT molecular complexity index is 519. The van der Waals surface area contributed by atoms with Crippen LogP contribution in [0.25, 0.3) is 0 Å². The van der Waals surface area contributed by atoms with E-state index in [4.69, 9.17) is 11.6 Å². The number of nitrogens with zero attached hydrogens (tertiary/aromatic N) is 1. The average Bonchev–Trinajstić information content (AvgIpc) is 2.47. The number of carbonyl (C=O) groups excluding carboxylic acids is 2. The van der Waals surface area contributed by atoms with E-state index in [1.807, 2.05) is 17.9 Å². The first-order valence-electron chi connectivity index (χ1n) is 7.44. The molecule has 1 aromatic rings. The Balaban J connectivity index is 1.94. The van der Waals surface area contributed by atoms with E-state index < -0.39 is 0 Å². The first-order chi connectivity index (χ1) is 10.1. The molecule has 1 aromatic carbocycles. The van der Waals surface area contributed by atoms with Crippen LogP contribution in [0.3, 0.4) is 0 Å². The molecule has 1 fully saturated rings. The van der Waals surface area contributed by atoms with Gasteiger partial charge in [-0.1, -0.05) is 24.6 Å². The second-order valence-electron chi connectivity index (χ2n) is 5.43. The lowest BCUT2D eigenvalue weighted by atomic mass is 9.96. The van der Waals surface area contributed by atoms with E-state index in [9.17, 15) is 9.59 Å². The zero-order valence-corrected chi connectivity index (χ0v) is 13.0. The summed E-state index contributed by atoms with van der Waals surface area (Å²) in [6.45, 7) is 3.27. The Labute approximate surface area is 130 Å². The van der Waals surface area contributed by atoms with Crippen LogP contribution in [0.1, 0.15) is 32.6 Å². The number of likely N-dealkylation sites (tertiary alicyclic amines) is 1. The molecule has 114 valence electrons. The third-order valence-corrected chi connectivity index (χ3v) is 3.94. The molecule has 21 heavy (non-hydrogen) atoms. The van der Waals surface area contributed by atoms with Crippen molar-refractivity contribution in [1.29, 1.82) is 0 Å². The quantitative estimate of drug-likeness (QED) is 0.927. The fraction of sp³-hybridized carbons (Fsp3) is 0.500. The van der Waals surface area contributed by atoms with Gasteiger partial charge in [-0.15, -0.1) is 0 Å². The first kappa shape index (κ1) is 15.8. The van der Waals surface area contributed by atoms with E-state index >= 15 is 0 Å². The van der Waals surface area contributed by atoms with E-state index in [2.05, 4.69) is 5.32 Å². The predicted octanol–water partition coefficient (Wildman–Crippen LogP) is 3.32. The molecule has 0 aliphatic carbocycles. The standard InChI is InChI=1S/C16H21ClN2O2/c1-2-5-15(20)19-9-4-6-12(11-19)16(21)18-14-8-3-7-13(17)10-14/h3,7-8,10,12H,2,4-6,9,11H2,1H3,(H,18,21)/t12-/m1/s1. The van der Waals surface area contributed by atoms with Crippen LogP contribution in [0.4, 0.5) is 5.69 Å². The monoisotopic (exact) mass is 308 g/mol. The molecule has 2 rings (SSSR count). The molecule has 0 radical (unpaired) electrons. The summed E-state index contributed by atoms with van der Waals surface area (Å²) in [7, 11) is 0. The summed E-state index contributed by atoms with van der Waals surface area (Å²) < 4.78 is 0. The number of hydrogen-bond acceptors (Lipinski definition) is 2. The molecule has 1 heterocycles. The number of hydrogen-bond donors (Lipinski definition) is 1. The van der Waals surface area contributed by atoms with Gasteiger partial charge in [0.2, 0.25) is 11.8 Å². The smallest absolute Gasteiger partial charge is 0.229 e. The Kier molecular flexibility index (Phi) is 5.62. The second kappa shape index (κ2) is 7.46. The highest BCUT2D eigenvalue weighted by Gasteiger charge is 2.28. The topological polar surface area (TPSA) is 49.4 Å². The minimum Gasteiger partial charge on any atom is -0.342 e. The van der Waals surface area contributed by atoms with Crippen molar-refractivity contribution < 1.29 is 9.59 Å². The van der Waals surface area contributed by atoms with Crippen molar-refractivity contribution >= 4 is 29.1 Å². The normalized spacial score (nSPS) is 18.4. The van der Waals surface area contributed by atoms with Crippen molar-refractivity contribution in [2.75, 3.05) is 18.4 Å². The number of amides is 2. The Morgan fingerprint density at radius 1 is 1.43 bits per heavy atom. The molecule has 2 amide bonds. The predicted molar refractivity (Wildman–Crippen MR) is 84.3 cm³/mol. The van der Waals surface area contributed by atoms with E-state index in [1.165, 1.54) is 0 Å².